The van der Waals surface area contributed by atoms with Gasteiger partial charge in [-0.25, -0.2) is 14.4 Å². The SMILES string of the molecule is CNc1cc2c(NCCO)nc(-c3cccc(OC)c3F)cc2cn1. The number of anilines is 2. The van der Waals surface area contributed by atoms with Crippen LogP contribution in [0.15, 0.2) is 36.5 Å². The van der Waals surface area contributed by atoms with Crippen LogP contribution >= 0.6 is 0 Å². The predicted molar refractivity (Wildman–Crippen MR) is 96.6 cm³/mol. The fourth-order valence-electron chi connectivity index (χ4n) is 2.60. The minimum Gasteiger partial charge on any atom is -0.494 e. The highest BCUT2D eigenvalue weighted by molar-refractivity contribution is 5.95. The summed E-state index contributed by atoms with van der Waals surface area (Å²) in [4.78, 5) is 8.85. The number of rotatable bonds is 6. The van der Waals surface area contributed by atoms with Crippen molar-refractivity contribution >= 4 is 22.4 Å². The molecule has 0 atom stereocenters. The molecule has 0 bridgehead atoms. The molecule has 0 spiro atoms. The lowest BCUT2D eigenvalue weighted by atomic mass is 10.1. The Morgan fingerprint density at radius 3 is 2.84 bits per heavy atom. The molecule has 0 aliphatic heterocycles. The monoisotopic (exact) mass is 342 g/mol. The average molecular weight is 342 g/mol. The maximum Gasteiger partial charge on any atom is 0.174 e. The molecule has 25 heavy (non-hydrogen) atoms. The Hall–Kier alpha value is -2.93. The summed E-state index contributed by atoms with van der Waals surface area (Å²) >= 11 is 0. The van der Waals surface area contributed by atoms with Crippen LogP contribution in [0.2, 0.25) is 0 Å². The normalized spacial score (nSPS) is 10.7. The summed E-state index contributed by atoms with van der Waals surface area (Å²) in [7, 11) is 3.20. The van der Waals surface area contributed by atoms with Crippen molar-refractivity contribution in [3.63, 3.8) is 0 Å². The summed E-state index contributed by atoms with van der Waals surface area (Å²) in [6.45, 7) is 0.300. The number of hydrogen-bond acceptors (Lipinski definition) is 6. The van der Waals surface area contributed by atoms with E-state index in [1.165, 1.54) is 7.11 Å². The van der Waals surface area contributed by atoms with Crippen molar-refractivity contribution < 1.29 is 14.2 Å². The number of aliphatic hydroxyl groups excluding tert-OH is 1. The number of aliphatic hydroxyl groups is 1. The van der Waals surface area contributed by atoms with Crippen molar-refractivity contribution in [2.75, 3.05) is 37.9 Å². The van der Waals surface area contributed by atoms with Crippen LogP contribution in [0.25, 0.3) is 22.0 Å². The molecule has 0 aliphatic rings. The zero-order chi connectivity index (χ0) is 17.8. The molecule has 3 N–H and O–H groups in total. The first-order valence-electron chi connectivity index (χ1n) is 7.84. The molecule has 1 aromatic carbocycles. The largest absolute Gasteiger partial charge is 0.494 e. The molecule has 3 aromatic rings. The molecule has 7 heteroatoms. The Labute approximate surface area is 144 Å². The van der Waals surface area contributed by atoms with Gasteiger partial charge in [0.15, 0.2) is 11.6 Å². The van der Waals surface area contributed by atoms with E-state index in [0.29, 0.717) is 29.4 Å². The van der Waals surface area contributed by atoms with Crippen LogP contribution in [0.3, 0.4) is 0 Å². The Morgan fingerprint density at radius 2 is 2.12 bits per heavy atom. The van der Waals surface area contributed by atoms with E-state index in [-0.39, 0.29) is 12.4 Å². The highest BCUT2D eigenvalue weighted by Gasteiger charge is 2.14. The summed E-state index contributed by atoms with van der Waals surface area (Å²) in [5.41, 5.74) is 0.800. The van der Waals surface area contributed by atoms with Gasteiger partial charge in [-0.1, -0.05) is 6.07 Å². The molecule has 0 unspecified atom stereocenters. The molecule has 130 valence electrons. The number of aromatic nitrogens is 2. The molecule has 0 radical (unpaired) electrons. The molecule has 2 heterocycles. The van der Waals surface area contributed by atoms with E-state index in [1.54, 1.807) is 37.5 Å². The Bertz CT molecular complexity index is 902. The first kappa shape index (κ1) is 16.9. The molecule has 0 amide bonds. The number of nitrogens with zero attached hydrogens (tertiary/aromatic N) is 2. The highest BCUT2D eigenvalue weighted by atomic mass is 19.1. The lowest BCUT2D eigenvalue weighted by Gasteiger charge is -2.13. The number of nitrogens with one attached hydrogen (secondary N) is 2. The third kappa shape index (κ3) is 3.32. The fourth-order valence-corrected chi connectivity index (χ4v) is 2.60. The summed E-state index contributed by atoms with van der Waals surface area (Å²) in [6, 6.07) is 8.56. The van der Waals surface area contributed by atoms with Gasteiger partial charge < -0.3 is 20.5 Å². The number of benzene rings is 1. The smallest absolute Gasteiger partial charge is 0.174 e. The minimum absolute atomic E-state index is 0.0368. The molecule has 0 fully saturated rings. The van der Waals surface area contributed by atoms with E-state index in [1.807, 2.05) is 6.07 Å². The number of fused-ring (bicyclic) bond motifs is 1. The maximum absolute atomic E-state index is 14.6. The van der Waals surface area contributed by atoms with Gasteiger partial charge in [-0.3, -0.25) is 0 Å². The average Bonchev–Trinajstić information content (AvgIpc) is 2.65. The van der Waals surface area contributed by atoms with Crippen molar-refractivity contribution in [1.82, 2.24) is 9.97 Å². The zero-order valence-electron chi connectivity index (χ0n) is 14.0. The Balaban J connectivity index is 2.20. The van der Waals surface area contributed by atoms with Gasteiger partial charge in [-0.05, 0) is 24.3 Å². The van der Waals surface area contributed by atoms with Crippen LogP contribution in [-0.4, -0.2) is 42.4 Å². The van der Waals surface area contributed by atoms with E-state index >= 15 is 0 Å². The lowest BCUT2D eigenvalue weighted by molar-refractivity contribution is 0.311. The molecule has 6 nitrogen and oxygen atoms in total. The zero-order valence-corrected chi connectivity index (χ0v) is 14.0. The van der Waals surface area contributed by atoms with E-state index in [9.17, 15) is 4.39 Å². The van der Waals surface area contributed by atoms with Crippen molar-refractivity contribution in [2.45, 2.75) is 0 Å². The van der Waals surface area contributed by atoms with Crippen LogP contribution in [0.1, 0.15) is 0 Å². The summed E-state index contributed by atoms with van der Waals surface area (Å²) in [5.74, 6) is 0.946. The molecular weight excluding hydrogens is 323 g/mol. The van der Waals surface area contributed by atoms with Crippen molar-refractivity contribution in [1.29, 1.82) is 0 Å². The van der Waals surface area contributed by atoms with Gasteiger partial charge in [-0.15, -0.1) is 0 Å². The Morgan fingerprint density at radius 1 is 1.28 bits per heavy atom. The van der Waals surface area contributed by atoms with E-state index < -0.39 is 5.82 Å². The standard InChI is InChI=1S/C18H19FN4O2/c1-20-16-9-13-11(10-22-16)8-14(23-18(13)21-6-7-24)12-4-3-5-15(25-2)17(12)19/h3-5,8-10,24H,6-7H2,1-2H3,(H,20,22)(H,21,23). The second kappa shape index (κ2) is 7.31. The minimum atomic E-state index is -0.468. The number of pyridine rings is 2. The molecule has 0 saturated carbocycles. The Kier molecular flexibility index (Phi) is 4.95. The fraction of sp³-hybridized carbons (Fsp3) is 0.222. The predicted octanol–water partition coefficient (Wildman–Crippen LogP) is 2.89. The quantitative estimate of drug-likeness (QED) is 0.639. The molecular formula is C18H19FN4O2. The van der Waals surface area contributed by atoms with Crippen LogP contribution in [-0.2, 0) is 0 Å². The van der Waals surface area contributed by atoms with E-state index in [0.717, 1.165) is 10.8 Å². The maximum atomic E-state index is 14.6. The van der Waals surface area contributed by atoms with Gasteiger partial charge >= 0.3 is 0 Å². The number of methoxy groups -OCH3 is 1. The summed E-state index contributed by atoms with van der Waals surface area (Å²) < 4.78 is 19.7. The number of hydrogen-bond donors (Lipinski definition) is 3. The first-order valence-corrected chi connectivity index (χ1v) is 7.84. The summed E-state index contributed by atoms with van der Waals surface area (Å²) in [5, 5.41) is 16.8. The number of ether oxygens (including phenoxy) is 1. The molecule has 3 rings (SSSR count). The van der Waals surface area contributed by atoms with Gasteiger partial charge in [0.25, 0.3) is 0 Å². The number of halogens is 1. The van der Waals surface area contributed by atoms with Crippen LogP contribution in [0.5, 0.6) is 5.75 Å². The molecule has 0 saturated heterocycles. The summed E-state index contributed by atoms with van der Waals surface area (Å²) in [6.07, 6.45) is 1.70. The van der Waals surface area contributed by atoms with Gasteiger partial charge in [0.2, 0.25) is 0 Å². The van der Waals surface area contributed by atoms with E-state index in [4.69, 9.17) is 9.84 Å². The van der Waals surface area contributed by atoms with Crippen LogP contribution in [0.4, 0.5) is 16.0 Å². The van der Waals surface area contributed by atoms with Crippen molar-refractivity contribution in [2.24, 2.45) is 0 Å². The lowest BCUT2D eigenvalue weighted by Crippen LogP contribution is -2.08. The van der Waals surface area contributed by atoms with Crippen LogP contribution in [0, 0.1) is 5.82 Å². The van der Waals surface area contributed by atoms with Crippen molar-refractivity contribution in [3.8, 4) is 17.0 Å². The third-order valence-electron chi connectivity index (χ3n) is 3.83. The van der Waals surface area contributed by atoms with Gasteiger partial charge in [0.1, 0.15) is 11.6 Å². The van der Waals surface area contributed by atoms with Crippen LogP contribution < -0.4 is 15.4 Å². The molecule has 0 aliphatic carbocycles. The van der Waals surface area contributed by atoms with E-state index in [2.05, 4.69) is 20.6 Å². The molecule has 2 aromatic heterocycles. The van der Waals surface area contributed by atoms with Gasteiger partial charge in [0.05, 0.1) is 19.4 Å². The third-order valence-corrected chi connectivity index (χ3v) is 3.83. The highest BCUT2D eigenvalue weighted by Crippen LogP contribution is 2.32. The van der Waals surface area contributed by atoms with Crippen molar-refractivity contribution in [3.05, 3.63) is 42.3 Å². The van der Waals surface area contributed by atoms with Gasteiger partial charge in [-0.2, -0.15) is 0 Å². The second-order valence-electron chi connectivity index (χ2n) is 5.37. The first-order chi connectivity index (χ1) is 12.2. The van der Waals surface area contributed by atoms with Gasteiger partial charge in [0, 0.05) is 36.1 Å². The topological polar surface area (TPSA) is 79.3 Å². The second-order valence-corrected chi connectivity index (χ2v) is 5.37.